The Kier molecular flexibility index (Phi) is 3.87. The minimum atomic E-state index is -3.58. The van der Waals surface area contributed by atoms with Gasteiger partial charge < -0.3 is 5.32 Å². The highest BCUT2D eigenvalue weighted by Crippen LogP contribution is 2.33. The van der Waals surface area contributed by atoms with Gasteiger partial charge in [-0.1, -0.05) is 0 Å². The number of nitrogens with one attached hydrogen (secondary N) is 1. The second kappa shape index (κ2) is 5.36. The van der Waals surface area contributed by atoms with Crippen LogP contribution in [0.15, 0.2) is 27.6 Å². The van der Waals surface area contributed by atoms with Gasteiger partial charge in [0.1, 0.15) is 5.82 Å². The topological polar surface area (TPSA) is 49.4 Å². The summed E-state index contributed by atoms with van der Waals surface area (Å²) in [5.74, 6) is -0.0624. The van der Waals surface area contributed by atoms with Crippen molar-refractivity contribution in [2.24, 2.45) is 5.92 Å². The molecule has 0 aromatic heterocycles. The van der Waals surface area contributed by atoms with E-state index in [4.69, 9.17) is 0 Å². The molecule has 110 valence electrons. The molecule has 0 saturated carbocycles. The van der Waals surface area contributed by atoms with Gasteiger partial charge in [0.25, 0.3) is 0 Å². The highest BCUT2D eigenvalue weighted by molar-refractivity contribution is 9.10. The number of fused-ring (bicyclic) bond motifs is 1. The lowest BCUT2D eigenvalue weighted by molar-refractivity contribution is 0.217. The Morgan fingerprint density at radius 1 is 1.35 bits per heavy atom. The van der Waals surface area contributed by atoms with E-state index >= 15 is 0 Å². The summed E-state index contributed by atoms with van der Waals surface area (Å²) in [5, 5.41) is 3.26. The monoisotopic (exact) mass is 362 g/mol. The molecule has 20 heavy (non-hydrogen) atoms. The molecule has 4 nitrogen and oxygen atoms in total. The fourth-order valence-electron chi connectivity index (χ4n) is 3.14. The van der Waals surface area contributed by atoms with Crippen molar-refractivity contribution in [3.63, 3.8) is 0 Å². The van der Waals surface area contributed by atoms with Crippen LogP contribution >= 0.6 is 15.9 Å². The zero-order valence-corrected chi connectivity index (χ0v) is 13.3. The largest absolute Gasteiger partial charge is 0.315 e. The van der Waals surface area contributed by atoms with Gasteiger partial charge in [-0.25, -0.2) is 12.8 Å². The zero-order valence-electron chi connectivity index (χ0n) is 10.9. The predicted molar refractivity (Wildman–Crippen MR) is 77.4 cm³/mol. The van der Waals surface area contributed by atoms with Crippen LogP contribution in [-0.2, 0) is 10.0 Å². The lowest BCUT2D eigenvalue weighted by Gasteiger charge is -2.36. The summed E-state index contributed by atoms with van der Waals surface area (Å²) in [5.41, 5.74) is 0. The van der Waals surface area contributed by atoms with E-state index in [9.17, 15) is 12.8 Å². The second-order valence-electron chi connectivity index (χ2n) is 5.32. The van der Waals surface area contributed by atoms with E-state index in [1.165, 1.54) is 18.2 Å². The Morgan fingerprint density at radius 2 is 2.15 bits per heavy atom. The predicted octanol–water partition coefficient (Wildman–Crippen LogP) is 1.96. The molecule has 2 heterocycles. The van der Waals surface area contributed by atoms with Gasteiger partial charge in [-0.05, 0) is 59.4 Å². The molecule has 0 spiro atoms. The average molecular weight is 363 g/mol. The maximum absolute atomic E-state index is 13.1. The van der Waals surface area contributed by atoms with Crippen molar-refractivity contribution in [3.8, 4) is 0 Å². The van der Waals surface area contributed by atoms with E-state index in [-0.39, 0.29) is 15.4 Å². The van der Waals surface area contributed by atoms with Crippen LogP contribution in [-0.4, -0.2) is 38.4 Å². The molecule has 0 bridgehead atoms. The number of rotatable bonds is 2. The number of nitrogens with zero attached hydrogens (tertiary/aromatic N) is 1. The number of hydrogen-bond acceptors (Lipinski definition) is 3. The van der Waals surface area contributed by atoms with Crippen LogP contribution in [0.3, 0.4) is 0 Å². The molecule has 2 unspecified atom stereocenters. The van der Waals surface area contributed by atoms with Crippen LogP contribution in [0.4, 0.5) is 4.39 Å². The minimum absolute atomic E-state index is 0.0192. The summed E-state index contributed by atoms with van der Waals surface area (Å²) in [7, 11) is -3.58. The quantitative estimate of drug-likeness (QED) is 0.874. The minimum Gasteiger partial charge on any atom is -0.315 e. The first-order chi connectivity index (χ1) is 9.50. The molecule has 1 N–H and O–H groups in total. The molecular weight excluding hydrogens is 347 g/mol. The zero-order chi connectivity index (χ0) is 14.3. The van der Waals surface area contributed by atoms with E-state index in [0.717, 1.165) is 19.4 Å². The summed E-state index contributed by atoms with van der Waals surface area (Å²) in [6.07, 6.45) is 1.94. The molecule has 2 aliphatic rings. The fourth-order valence-corrected chi connectivity index (χ4v) is 5.87. The van der Waals surface area contributed by atoms with Crippen molar-refractivity contribution in [2.75, 3.05) is 19.6 Å². The van der Waals surface area contributed by atoms with Crippen LogP contribution in [0.25, 0.3) is 0 Å². The number of halogens is 2. The standard InChI is InChI=1S/C13H16BrFN2O2S/c14-11-6-10(15)3-4-13(11)20(18,19)17-5-1-2-9-7-16-8-12(9)17/h3-4,6,9,12,16H,1-2,5,7-8H2. The van der Waals surface area contributed by atoms with Crippen molar-refractivity contribution in [2.45, 2.75) is 23.8 Å². The first-order valence-electron chi connectivity index (χ1n) is 6.68. The summed E-state index contributed by atoms with van der Waals surface area (Å²) < 4.78 is 40.6. The van der Waals surface area contributed by atoms with Crippen molar-refractivity contribution < 1.29 is 12.8 Å². The molecule has 3 rings (SSSR count). The molecular formula is C13H16BrFN2O2S. The molecule has 1 aromatic rings. The van der Waals surface area contributed by atoms with Gasteiger partial charge in [-0.2, -0.15) is 4.31 Å². The van der Waals surface area contributed by atoms with E-state index in [1.807, 2.05) is 0 Å². The number of sulfonamides is 1. The first-order valence-corrected chi connectivity index (χ1v) is 8.91. The van der Waals surface area contributed by atoms with Crippen molar-refractivity contribution >= 4 is 26.0 Å². The molecule has 2 fully saturated rings. The Bertz CT molecular complexity index is 623. The lowest BCUT2D eigenvalue weighted by Crippen LogP contribution is -2.48. The second-order valence-corrected chi connectivity index (χ2v) is 8.03. The Balaban J connectivity index is 1.98. The van der Waals surface area contributed by atoms with Gasteiger partial charge in [0.2, 0.25) is 10.0 Å². The van der Waals surface area contributed by atoms with Gasteiger partial charge in [-0.3, -0.25) is 0 Å². The maximum Gasteiger partial charge on any atom is 0.244 e. The van der Waals surface area contributed by atoms with Crippen LogP contribution < -0.4 is 5.32 Å². The molecule has 1 aromatic carbocycles. The van der Waals surface area contributed by atoms with Gasteiger partial charge in [-0.15, -0.1) is 0 Å². The Hall–Kier alpha value is -0.500. The smallest absolute Gasteiger partial charge is 0.244 e. The summed E-state index contributed by atoms with van der Waals surface area (Å²) in [4.78, 5) is 0.145. The third kappa shape index (κ3) is 2.41. The SMILES string of the molecule is O=S(=O)(c1ccc(F)cc1Br)N1CCCC2CNCC21. The van der Waals surface area contributed by atoms with Crippen LogP contribution in [0.1, 0.15) is 12.8 Å². The van der Waals surface area contributed by atoms with Crippen LogP contribution in [0, 0.1) is 11.7 Å². The van der Waals surface area contributed by atoms with E-state index in [2.05, 4.69) is 21.2 Å². The van der Waals surface area contributed by atoms with Gasteiger partial charge in [0.05, 0.1) is 4.90 Å². The number of piperidine rings is 1. The molecule has 2 aliphatic heterocycles. The highest BCUT2D eigenvalue weighted by Gasteiger charge is 2.41. The van der Waals surface area contributed by atoms with Crippen LogP contribution in [0.5, 0.6) is 0 Å². The summed E-state index contributed by atoms with van der Waals surface area (Å²) in [6, 6.07) is 3.74. The van der Waals surface area contributed by atoms with Crippen LogP contribution in [0.2, 0.25) is 0 Å². The molecule has 0 radical (unpaired) electrons. The summed E-state index contributed by atoms with van der Waals surface area (Å²) in [6.45, 7) is 2.11. The van der Waals surface area contributed by atoms with E-state index in [0.29, 0.717) is 19.0 Å². The molecule has 2 atom stereocenters. The third-order valence-electron chi connectivity index (χ3n) is 4.11. The molecule has 7 heteroatoms. The van der Waals surface area contributed by atoms with E-state index in [1.54, 1.807) is 4.31 Å². The molecule has 0 aliphatic carbocycles. The maximum atomic E-state index is 13.1. The van der Waals surface area contributed by atoms with Gasteiger partial charge >= 0.3 is 0 Å². The normalized spacial score (nSPS) is 27.5. The van der Waals surface area contributed by atoms with Crippen molar-refractivity contribution in [3.05, 3.63) is 28.5 Å². The van der Waals surface area contributed by atoms with Crippen molar-refractivity contribution in [1.29, 1.82) is 0 Å². The molecule has 0 amide bonds. The van der Waals surface area contributed by atoms with Gasteiger partial charge in [0, 0.05) is 23.6 Å². The number of hydrogen-bond donors (Lipinski definition) is 1. The highest BCUT2D eigenvalue weighted by atomic mass is 79.9. The Morgan fingerprint density at radius 3 is 2.90 bits per heavy atom. The van der Waals surface area contributed by atoms with Gasteiger partial charge in [0.15, 0.2) is 0 Å². The fraction of sp³-hybridized carbons (Fsp3) is 0.538. The van der Waals surface area contributed by atoms with E-state index < -0.39 is 15.8 Å². The average Bonchev–Trinajstić information content (AvgIpc) is 2.85. The third-order valence-corrected chi connectivity index (χ3v) is 7.01. The Labute approximate surface area is 126 Å². The van der Waals surface area contributed by atoms with Crippen molar-refractivity contribution in [1.82, 2.24) is 9.62 Å². The summed E-state index contributed by atoms with van der Waals surface area (Å²) >= 11 is 3.16. The lowest BCUT2D eigenvalue weighted by atomic mass is 9.94. The number of benzene rings is 1. The molecule has 2 saturated heterocycles. The first kappa shape index (κ1) is 14.4.